The van der Waals surface area contributed by atoms with Crippen LogP contribution in [-0.2, 0) is 4.74 Å². The molecule has 1 aliphatic rings. The van der Waals surface area contributed by atoms with Gasteiger partial charge in [0, 0.05) is 16.1 Å². The van der Waals surface area contributed by atoms with Crippen LogP contribution in [0.1, 0.15) is 25.6 Å². The first-order chi connectivity index (χ1) is 7.02. The third-order valence-corrected chi connectivity index (χ3v) is 3.42. The van der Waals surface area contributed by atoms with Gasteiger partial charge in [0.15, 0.2) is 0 Å². The molecule has 1 aromatic carbocycles. The van der Waals surface area contributed by atoms with E-state index in [2.05, 4.69) is 25.8 Å². The van der Waals surface area contributed by atoms with Crippen molar-refractivity contribution in [3.05, 3.63) is 34.9 Å². The Kier molecular flexibility index (Phi) is 2.75. The van der Waals surface area contributed by atoms with E-state index in [1.54, 1.807) is 0 Å². The second-order valence-corrected chi connectivity index (χ2v) is 5.02. The second-order valence-electron chi connectivity index (χ2n) is 4.61. The molecule has 2 rings (SSSR count). The minimum absolute atomic E-state index is 0.0197. The summed E-state index contributed by atoms with van der Waals surface area (Å²) in [6, 6.07) is 7.85. The lowest BCUT2D eigenvalue weighted by molar-refractivity contribution is 0.0400. The smallest absolute Gasteiger partial charge is 0.138 e. The minimum atomic E-state index is -0.0197. The van der Waals surface area contributed by atoms with Gasteiger partial charge in [0.25, 0.3) is 0 Å². The molecule has 0 N–H and O–H groups in total. The van der Waals surface area contributed by atoms with Gasteiger partial charge in [-0.3, -0.25) is 4.90 Å². The molecule has 0 saturated carbocycles. The molecule has 1 heterocycles. The highest BCUT2D eigenvalue weighted by atomic mass is 35.5. The Morgan fingerprint density at radius 3 is 2.60 bits per heavy atom. The minimum Gasteiger partial charge on any atom is -0.357 e. The summed E-state index contributed by atoms with van der Waals surface area (Å²) in [5, 5.41) is 0.770. The van der Waals surface area contributed by atoms with Crippen LogP contribution in [0.5, 0.6) is 0 Å². The summed E-state index contributed by atoms with van der Waals surface area (Å²) in [6.07, 6.45) is -0.0197. The monoisotopic (exact) mass is 225 g/mol. The maximum absolute atomic E-state index is 6.16. The number of ether oxygens (including phenoxy) is 1. The summed E-state index contributed by atoms with van der Waals surface area (Å²) in [4.78, 5) is 2.22. The topological polar surface area (TPSA) is 12.5 Å². The van der Waals surface area contributed by atoms with E-state index in [1.807, 2.05) is 24.3 Å². The first-order valence-electron chi connectivity index (χ1n) is 5.11. The van der Waals surface area contributed by atoms with Crippen molar-refractivity contribution in [2.45, 2.75) is 25.6 Å². The summed E-state index contributed by atoms with van der Waals surface area (Å²) >= 11 is 6.16. The molecule has 15 heavy (non-hydrogen) atoms. The fourth-order valence-corrected chi connectivity index (χ4v) is 2.02. The molecule has 1 atom stereocenters. The quantitative estimate of drug-likeness (QED) is 0.729. The van der Waals surface area contributed by atoms with Crippen LogP contribution in [0.4, 0.5) is 0 Å². The molecule has 82 valence electrons. The molecular formula is C12H16ClNO. The molecule has 0 aromatic heterocycles. The van der Waals surface area contributed by atoms with Crippen LogP contribution in [0.25, 0.3) is 0 Å². The fraction of sp³-hybridized carbons (Fsp3) is 0.500. The molecule has 3 heteroatoms. The highest BCUT2D eigenvalue weighted by Gasteiger charge is 2.38. The van der Waals surface area contributed by atoms with E-state index in [0.717, 1.165) is 17.2 Å². The first kappa shape index (κ1) is 10.9. The first-order valence-corrected chi connectivity index (χ1v) is 5.49. The molecule has 1 unspecified atom stereocenters. The Balaban J connectivity index is 2.31. The molecule has 0 amide bonds. The van der Waals surface area contributed by atoms with Crippen molar-refractivity contribution in [2.75, 3.05) is 13.7 Å². The number of likely N-dealkylation sites (N-methyl/N-ethyl adjacent to an activating group) is 1. The Morgan fingerprint density at radius 2 is 2.07 bits per heavy atom. The molecule has 0 aliphatic carbocycles. The number of hydrogen-bond acceptors (Lipinski definition) is 2. The van der Waals surface area contributed by atoms with Crippen molar-refractivity contribution >= 4 is 11.6 Å². The average molecular weight is 226 g/mol. The Labute approximate surface area is 95.8 Å². The number of nitrogens with zero attached hydrogens (tertiary/aromatic N) is 1. The van der Waals surface area contributed by atoms with Crippen LogP contribution in [-0.4, -0.2) is 24.1 Å². The van der Waals surface area contributed by atoms with Gasteiger partial charge in [-0.15, -0.1) is 0 Å². The molecule has 2 nitrogen and oxygen atoms in total. The van der Waals surface area contributed by atoms with Crippen molar-refractivity contribution in [1.29, 1.82) is 0 Å². The predicted molar refractivity (Wildman–Crippen MR) is 62.0 cm³/mol. The van der Waals surface area contributed by atoms with Gasteiger partial charge in [0.05, 0.1) is 6.61 Å². The molecule has 0 spiro atoms. The zero-order valence-corrected chi connectivity index (χ0v) is 10.1. The maximum Gasteiger partial charge on any atom is 0.138 e. The highest BCUT2D eigenvalue weighted by molar-refractivity contribution is 6.31. The molecular weight excluding hydrogens is 210 g/mol. The highest BCUT2D eigenvalue weighted by Crippen LogP contribution is 2.37. The van der Waals surface area contributed by atoms with Crippen molar-refractivity contribution in [3.63, 3.8) is 0 Å². The van der Waals surface area contributed by atoms with Crippen molar-refractivity contribution in [2.24, 2.45) is 0 Å². The summed E-state index contributed by atoms with van der Waals surface area (Å²) in [6.45, 7) is 5.08. The summed E-state index contributed by atoms with van der Waals surface area (Å²) in [5.41, 5.74) is 1.12. The summed E-state index contributed by atoms with van der Waals surface area (Å²) < 4.78 is 5.79. The van der Waals surface area contributed by atoms with Crippen LogP contribution in [0, 0.1) is 0 Å². The van der Waals surface area contributed by atoms with E-state index < -0.39 is 0 Å². The van der Waals surface area contributed by atoms with Crippen LogP contribution in [0.3, 0.4) is 0 Å². The van der Waals surface area contributed by atoms with Gasteiger partial charge in [-0.05, 0) is 27.0 Å². The molecule has 1 fully saturated rings. The molecule has 0 radical (unpaired) electrons. The molecule has 0 bridgehead atoms. The van der Waals surface area contributed by atoms with E-state index >= 15 is 0 Å². The van der Waals surface area contributed by atoms with Gasteiger partial charge in [0.1, 0.15) is 6.23 Å². The average Bonchev–Trinajstić information content (AvgIpc) is 2.44. The van der Waals surface area contributed by atoms with Crippen molar-refractivity contribution in [3.8, 4) is 0 Å². The van der Waals surface area contributed by atoms with Gasteiger partial charge in [0.2, 0.25) is 0 Å². The maximum atomic E-state index is 6.16. The Bertz CT molecular complexity index is 364. The molecule has 1 saturated heterocycles. The van der Waals surface area contributed by atoms with Gasteiger partial charge in [-0.1, -0.05) is 29.8 Å². The van der Waals surface area contributed by atoms with Gasteiger partial charge < -0.3 is 4.74 Å². The van der Waals surface area contributed by atoms with E-state index in [9.17, 15) is 0 Å². The third-order valence-electron chi connectivity index (χ3n) is 3.07. The second kappa shape index (κ2) is 3.78. The zero-order chi connectivity index (χ0) is 11.1. The standard InChI is InChI=1S/C12H16ClNO/c1-12(2)8-15-11(14(12)3)9-6-4-5-7-10(9)13/h4-7,11H,8H2,1-3H3. The lowest BCUT2D eigenvalue weighted by Crippen LogP contribution is -2.38. The number of halogens is 1. The zero-order valence-electron chi connectivity index (χ0n) is 9.33. The van der Waals surface area contributed by atoms with Crippen LogP contribution >= 0.6 is 11.6 Å². The van der Waals surface area contributed by atoms with Crippen molar-refractivity contribution < 1.29 is 4.74 Å². The van der Waals surface area contributed by atoms with Crippen LogP contribution < -0.4 is 0 Å². The van der Waals surface area contributed by atoms with E-state index in [-0.39, 0.29) is 11.8 Å². The Morgan fingerprint density at radius 1 is 1.40 bits per heavy atom. The Hall–Kier alpha value is -0.570. The van der Waals surface area contributed by atoms with Crippen LogP contribution in [0.2, 0.25) is 5.02 Å². The van der Waals surface area contributed by atoms with Crippen molar-refractivity contribution in [1.82, 2.24) is 4.90 Å². The SMILES string of the molecule is CN1C(c2ccccc2Cl)OCC1(C)C. The predicted octanol–water partition coefficient (Wildman–Crippen LogP) is 3.08. The van der Waals surface area contributed by atoms with E-state index in [4.69, 9.17) is 16.3 Å². The van der Waals surface area contributed by atoms with E-state index in [0.29, 0.717) is 0 Å². The lowest BCUT2D eigenvalue weighted by Gasteiger charge is -2.29. The third kappa shape index (κ3) is 1.89. The summed E-state index contributed by atoms with van der Waals surface area (Å²) in [7, 11) is 2.07. The summed E-state index contributed by atoms with van der Waals surface area (Å²) in [5.74, 6) is 0. The van der Waals surface area contributed by atoms with Crippen LogP contribution in [0.15, 0.2) is 24.3 Å². The van der Waals surface area contributed by atoms with Gasteiger partial charge in [-0.2, -0.15) is 0 Å². The number of rotatable bonds is 1. The van der Waals surface area contributed by atoms with Gasteiger partial charge in [-0.25, -0.2) is 0 Å². The molecule has 1 aliphatic heterocycles. The van der Waals surface area contributed by atoms with E-state index in [1.165, 1.54) is 0 Å². The lowest BCUT2D eigenvalue weighted by atomic mass is 10.1. The number of benzene rings is 1. The normalized spacial score (nSPS) is 25.7. The fourth-order valence-electron chi connectivity index (χ4n) is 1.79. The van der Waals surface area contributed by atoms with Gasteiger partial charge >= 0.3 is 0 Å². The molecule has 1 aromatic rings. The number of hydrogen-bond donors (Lipinski definition) is 0. The largest absolute Gasteiger partial charge is 0.357 e.